The zero-order valence-electron chi connectivity index (χ0n) is 12.5. The SMILES string of the molecule is c1ccc(CNc2ncnc3nc4n(c23)CCCCC4)cc1. The van der Waals surface area contributed by atoms with Crippen LogP contribution in [0.2, 0.25) is 0 Å². The monoisotopic (exact) mass is 293 g/mol. The van der Waals surface area contributed by atoms with Gasteiger partial charge < -0.3 is 9.88 Å². The van der Waals surface area contributed by atoms with Crippen molar-refractivity contribution in [2.45, 2.75) is 38.8 Å². The van der Waals surface area contributed by atoms with Crippen molar-refractivity contribution in [1.82, 2.24) is 19.5 Å². The first-order valence-electron chi connectivity index (χ1n) is 7.90. The van der Waals surface area contributed by atoms with Crippen LogP contribution in [-0.2, 0) is 19.5 Å². The van der Waals surface area contributed by atoms with E-state index in [1.807, 2.05) is 6.07 Å². The highest BCUT2D eigenvalue weighted by Gasteiger charge is 2.17. The molecule has 0 fully saturated rings. The molecule has 22 heavy (non-hydrogen) atoms. The number of nitrogens with zero attached hydrogens (tertiary/aromatic N) is 4. The van der Waals surface area contributed by atoms with Crippen LogP contribution in [-0.4, -0.2) is 19.5 Å². The number of aromatic nitrogens is 4. The molecule has 1 aromatic carbocycles. The third kappa shape index (κ3) is 2.43. The van der Waals surface area contributed by atoms with Crippen LogP contribution in [0.3, 0.4) is 0 Å². The molecule has 4 rings (SSSR count). The molecule has 3 heterocycles. The van der Waals surface area contributed by atoms with Gasteiger partial charge in [0.2, 0.25) is 0 Å². The Balaban J connectivity index is 1.69. The minimum atomic E-state index is 0.757. The highest BCUT2D eigenvalue weighted by atomic mass is 15.2. The summed E-state index contributed by atoms with van der Waals surface area (Å²) in [5.74, 6) is 2.03. The molecule has 3 aromatic rings. The van der Waals surface area contributed by atoms with Crippen molar-refractivity contribution in [3.63, 3.8) is 0 Å². The van der Waals surface area contributed by atoms with Gasteiger partial charge in [0.05, 0.1) is 0 Å². The second-order valence-electron chi connectivity index (χ2n) is 5.72. The van der Waals surface area contributed by atoms with Gasteiger partial charge in [0.15, 0.2) is 11.5 Å². The van der Waals surface area contributed by atoms with Gasteiger partial charge in [-0.3, -0.25) is 0 Å². The lowest BCUT2D eigenvalue weighted by Crippen LogP contribution is -2.06. The Morgan fingerprint density at radius 3 is 2.86 bits per heavy atom. The van der Waals surface area contributed by atoms with Gasteiger partial charge in [-0.2, -0.15) is 0 Å². The molecule has 0 atom stereocenters. The minimum Gasteiger partial charge on any atom is -0.364 e. The Morgan fingerprint density at radius 1 is 1.05 bits per heavy atom. The Labute approximate surface area is 129 Å². The molecule has 0 radical (unpaired) electrons. The first-order valence-corrected chi connectivity index (χ1v) is 7.90. The van der Waals surface area contributed by atoms with Crippen LogP contribution < -0.4 is 5.32 Å². The number of hydrogen-bond donors (Lipinski definition) is 1. The number of anilines is 1. The van der Waals surface area contributed by atoms with E-state index in [9.17, 15) is 0 Å². The Morgan fingerprint density at radius 2 is 1.95 bits per heavy atom. The topological polar surface area (TPSA) is 55.6 Å². The van der Waals surface area contributed by atoms with Crippen LogP contribution in [0.25, 0.3) is 11.2 Å². The van der Waals surface area contributed by atoms with Crippen LogP contribution in [0, 0.1) is 0 Å². The first-order chi connectivity index (χ1) is 10.9. The van der Waals surface area contributed by atoms with E-state index in [1.54, 1.807) is 6.33 Å². The fourth-order valence-electron chi connectivity index (χ4n) is 3.08. The van der Waals surface area contributed by atoms with E-state index in [2.05, 4.69) is 44.1 Å². The largest absolute Gasteiger partial charge is 0.364 e. The van der Waals surface area contributed by atoms with Crippen LogP contribution >= 0.6 is 0 Å². The molecule has 0 saturated heterocycles. The maximum absolute atomic E-state index is 4.70. The number of hydrogen-bond acceptors (Lipinski definition) is 4. The predicted molar refractivity (Wildman–Crippen MR) is 86.6 cm³/mol. The van der Waals surface area contributed by atoms with Gasteiger partial charge in [0.25, 0.3) is 0 Å². The van der Waals surface area contributed by atoms with Gasteiger partial charge >= 0.3 is 0 Å². The predicted octanol–water partition coefficient (Wildman–Crippen LogP) is 3.16. The molecule has 5 heteroatoms. The van der Waals surface area contributed by atoms with Crippen molar-refractivity contribution < 1.29 is 0 Å². The summed E-state index contributed by atoms with van der Waals surface area (Å²) in [6.07, 6.45) is 6.32. The lowest BCUT2D eigenvalue weighted by molar-refractivity contribution is 0.647. The van der Waals surface area contributed by atoms with Crippen molar-refractivity contribution in [1.29, 1.82) is 0 Å². The maximum atomic E-state index is 4.70. The molecule has 5 nitrogen and oxygen atoms in total. The van der Waals surface area contributed by atoms with Crippen LogP contribution in [0.1, 0.15) is 30.7 Å². The van der Waals surface area contributed by atoms with Crippen molar-refractivity contribution in [3.8, 4) is 0 Å². The molecule has 1 N–H and O–H groups in total. The molecule has 0 saturated carbocycles. The Kier molecular flexibility index (Phi) is 3.46. The molecule has 0 bridgehead atoms. The van der Waals surface area contributed by atoms with E-state index in [1.165, 1.54) is 24.8 Å². The van der Waals surface area contributed by atoms with E-state index < -0.39 is 0 Å². The highest BCUT2D eigenvalue weighted by molar-refractivity contribution is 5.83. The van der Waals surface area contributed by atoms with E-state index >= 15 is 0 Å². The van der Waals surface area contributed by atoms with Crippen LogP contribution in [0.15, 0.2) is 36.7 Å². The summed E-state index contributed by atoms with van der Waals surface area (Å²) in [5.41, 5.74) is 3.10. The maximum Gasteiger partial charge on any atom is 0.183 e. The van der Waals surface area contributed by atoms with E-state index in [0.29, 0.717) is 0 Å². The molecule has 1 aliphatic heterocycles. The summed E-state index contributed by atoms with van der Waals surface area (Å²) in [7, 11) is 0. The summed E-state index contributed by atoms with van der Waals surface area (Å²) in [4.78, 5) is 13.5. The Bertz CT molecular complexity index is 778. The second kappa shape index (κ2) is 5.75. The molecular weight excluding hydrogens is 274 g/mol. The third-order valence-electron chi connectivity index (χ3n) is 4.20. The van der Waals surface area contributed by atoms with Crippen molar-refractivity contribution in [3.05, 3.63) is 48.0 Å². The van der Waals surface area contributed by atoms with Gasteiger partial charge in [-0.25, -0.2) is 15.0 Å². The highest BCUT2D eigenvalue weighted by Crippen LogP contribution is 2.25. The summed E-state index contributed by atoms with van der Waals surface area (Å²) < 4.78 is 2.30. The van der Waals surface area contributed by atoms with Gasteiger partial charge in [-0.1, -0.05) is 36.8 Å². The lowest BCUT2D eigenvalue weighted by atomic mass is 10.2. The summed E-state index contributed by atoms with van der Waals surface area (Å²) in [6.45, 7) is 1.77. The fraction of sp³-hybridized carbons (Fsp3) is 0.353. The van der Waals surface area contributed by atoms with Crippen molar-refractivity contribution in [2.24, 2.45) is 0 Å². The first kappa shape index (κ1) is 13.2. The smallest absolute Gasteiger partial charge is 0.183 e. The number of benzene rings is 1. The number of rotatable bonds is 3. The Hall–Kier alpha value is -2.43. The third-order valence-corrected chi connectivity index (χ3v) is 4.20. The standard InChI is InChI=1S/C17H19N5/c1-3-7-13(8-4-1)11-18-16-15-17(20-12-19-16)21-14-9-5-2-6-10-22(14)15/h1,3-4,7-8,12H,2,5-6,9-11H2,(H,18,19,20). The second-order valence-corrected chi connectivity index (χ2v) is 5.72. The number of aryl methyl sites for hydroxylation is 2. The van der Waals surface area contributed by atoms with Gasteiger partial charge in [0, 0.05) is 19.5 Å². The summed E-state index contributed by atoms with van der Waals surface area (Å²) >= 11 is 0. The van der Waals surface area contributed by atoms with Gasteiger partial charge in [0.1, 0.15) is 17.7 Å². The van der Waals surface area contributed by atoms with Crippen LogP contribution in [0.5, 0.6) is 0 Å². The molecule has 0 aliphatic carbocycles. The molecule has 1 aliphatic rings. The van der Waals surface area contributed by atoms with E-state index in [-0.39, 0.29) is 0 Å². The quantitative estimate of drug-likeness (QED) is 0.806. The zero-order valence-corrected chi connectivity index (χ0v) is 12.5. The van der Waals surface area contributed by atoms with Gasteiger partial charge in [-0.05, 0) is 18.4 Å². The molecule has 112 valence electrons. The number of fused-ring (bicyclic) bond motifs is 3. The van der Waals surface area contributed by atoms with Crippen LogP contribution in [0.4, 0.5) is 5.82 Å². The van der Waals surface area contributed by atoms with Gasteiger partial charge in [-0.15, -0.1) is 0 Å². The van der Waals surface area contributed by atoms with Crippen molar-refractivity contribution >= 4 is 17.0 Å². The molecule has 0 amide bonds. The zero-order chi connectivity index (χ0) is 14.8. The average Bonchev–Trinajstić information content (AvgIpc) is 2.76. The summed E-state index contributed by atoms with van der Waals surface area (Å²) in [6, 6.07) is 10.4. The van der Waals surface area contributed by atoms with Crippen molar-refractivity contribution in [2.75, 3.05) is 5.32 Å². The normalized spacial score (nSPS) is 14.5. The lowest BCUT2D eigenvalue weighted by Gasteiger charge is -2.10. The molecular formula is C17H19N5. The van der Waals surface area contributed by atoms with E-state index in [0.717, 1.165) is 42.3 Å². The average molecular weight is 293 g/mol. The molecule has 0 spiro atoms. The summed E-state index contributed by atoms with van der Waals surface area (Å²) in [5, 5.41) is 3.45. The molecule has 2 aromatic heterocycles. The number of imidazole rings is 1. The minimum absolute atomic E-state index is 0.757. The van der Waals surface area contributed by atoms with E-state index in [4.69, 9.17) is 4.98 Å². The molecule has 0 unspecified atom stereocenters. The number of nitrogens with one attached hydrogen (secondary N) is 1. The fourth-order valence-corrected chi connectivity index (χ4v) is 3.08.